The fourth-order valence-corrected chi connectivity index (χ4v) is 2.30. The Morgan fingerprint density at radius 2 is 1.13 bits per heavy atom. The quantitative estimate of drug-likeness (QED) is 0.131. The van der Waals surface area contributed by atoms with Crippen LogP contribution in [0.2, 0.25) is 0 Å². The maximum absolute atomic E-state index is 11.2. The molecule has 0 bridgehead atoms. The number of halogens is 7. The number of hydrogen-bond donors (Lipinski definition) is 0. The van der Waals surface area contributed by atoms with E-state index in [0.29, 0.717) is 0 Å². The second-order valence-corrected chi connectivity index (χ2v) is 12.2. The number of hydrogen-bond acceptors (Lipinski definition) is 0. The van der Waals surface area contributed by atoms with Crippen molar-refractivity contribution in [1.82, 2.24) is 0 Å². The third-order valence-electron chi connectivity index (χ3n) is 2.98. The first kappa shape index (κ1) is 23.3. The van der Waals surface area contributed by atoms with E-state index in [4.69, 9.17) is 0 Å². The van der Waals surface area contributed by atoms with Crippen LogP contribution in [-0.2, 0) is 6.42 Å². The van der Waals surface area contributed by atoms with Gasteiger partial charge in [0.1, 0.15) is 0 Å². The molecule has 0 spiro atoms. The van der Waals surface area contributed by atoms with Crippen molar-refractivity contribution in [1.29, 1.82) is 0 Å². The van der Waals surface area contributed by atoms with Crippen LogP contribution in [0.1, 0.15) is 57.4 Å². The van der Waals surface area contributed by atoms with Gasteiger partial charge in [-0.1, -0.05) is 57.6 Å². The van der Waals surface area contributed by atoms with Crippen molar-refractivity contribution in [2.45, 2.75) is 58.3 Å². The number of aryl methyl sites for hydroxylation is 1. The van der Waals surface area contributed by atoms with Gasteiger partial charge in [0.25, 0.3) is 0 Å². The molecule has 0 heterocycles. The fraction of sp³-hybridized carbons (Fsp3) is 0.600. The molecule has 0 aliphatic carbocycles. The molecule has 0 radical (unpaired) electrons. The van der Waals surface area contributed by atoms with Gasteiger partial charge in [0, 0.05) is 3.57 Å². The number of benzene rings is 1. The van der Waals surface area contributed by atoms with Crippen molar-refractivity contribution in [2.24, 2.45) is 0 Å². The van der Waals surface area contributed by atoms with Crippen LogP contribution in [-0.4, -0.2) is 19.5 Å². The second-order valence-electron chi connectivity index (χ2n) is 5.46. The number of rotatable bonds is 8. The second kappa shape index (κ2) is 9.16. The van der Waals surface area contributed by atoms with Gasteiger partial charge in [-0.2, -0.15) is 0 Å². The Balaban J connectivity index is 0.000000585. The molecule has 8 heteroatoms. The first-order valence-electron chi connectivity index (χ1n) is 7.59. The first-order chi connectivity index (χ1) is 10.3. The predicted octanol–water partition coefficient (Wildman–Crippen LogP) is 7.72. The van der Waals surface area contributed by atoms with E-state index >= 15 is 0 Å². The van der Waals surface area contributed by atoms with Gasteiger partial charge in [-0.15, -0.1) is 0 Å². The van der Waals surface area contributed by atoms with E-state index in [-0.39, 0.29) is 0 Å². The molecule has 1 rings (SSSR count). The van der Waals surface area contributed by atoms with Crippen molar-refractivity contribution >= 4 is 42.1 Å². The summed E-state index contributed by atoms with van der Waals surface area (Å²) in [6.45, 7) is 2.27. The summed E-state index contributed by atoms with van der Waals surface area (Å²) < 4.78 is 60.9. The molecule has 0 aliphatic rings. The van der Waals surface area contributed by atoms with E-state index in [1.807, 2.05) is 0 Å². The molecule has 0 amide bonds. The molecule has 1 aromatic carbocycles. The van der Waals surface area contributed by atoms with Crippen LogP contribution < -0.4 is 0 Å². The Kier molecular flexibility index (Phi) is 9.30. The van der Waals surface area contributed by atoms with Gasteiger partial charge in [-0.25, -0.2) is 0 Å². The molecule has 0 aliphatic heterocycles. The average molecular weight is 566 g/mol. The van der Waals surface area contributed by atoms with Gasteiger partial charge >= 0.3 is 36.4 Å². The molecule has 0 saturated heterocycles. The minimum atomic E-state index is -11.2. The molecule has 0 saturated carbocycles. The van der Waals surface area contributed by atoms with E-state index in [2.05, 4.69) is 53.8 Å². The summed E-state index contributed by atoms with van der Waals surface area (Å²) in [6, 6.07) is 8.94. The molecule has 0 atom stereocenters. The van der Waals surface area contributed by atoms with Crippen LogP contribution in [0.25, 0.3) is 0 Å². The fourth-order valence-electron chi connectivity index (χ4n) is 1.94. The summed E-state index contributed by atoms with van der Waals surface area (Å²) >= 11 is -8.89. The van der Waals surface area contributed by atoms with Crippen molar-refractivity contribution in [3.05, 3.63) is 33.4 Å². The van der Waals surface area contributed by atoms with E-state index < -0.39 is 19.5 Å². The third-order valence-corrected chi connectivity index (χ3v) is 3.70. The molecular formula is C15H23F6ISb-. The summed E-state index contributed by atoms with van der Waals surface area (Å²) in [4.78, 5) is 0. The number of unbranched alkanes of at least 4 members (excludes halogenated alkanes) is 6. The molecule has 0 N–H and O–H groups in total. The normalized spacial score (nSPS) is 14.4. The Bertz CT molecular complexity index is 429. The predicted molar refractivity (Wildman–Crippen MR) is 93.3 cm³/mol. The van der Waals surface area contributed by atoms with Crippen molar-refractivity contribution < 1.29 is 16.9 Å². The van der Waals surface area contributed by atoms with Crippen LogP contribution >= 0.6 is 22.6 Å². The van der Waals surface area contributed by atoms with E-state index in [0.717, 1.165) is 0 Å². The Morgan fingerprint density at radius 1 is 0.739 bits per heavy atom. The zero-order valence-electron chi connectivity index (χ0n) is 13.1. The van der Waals surface area contributed by atoms with E-state index in [9.17, 15) is 16.9 Å². The van der Waals surface area contributed by atoms with Crippen LogP contribution in [0.15, 0.2) is 24.3 Å². The Labute approximate surface area is 150 Å². The van der Waals surface area contributed by atoms with E-state index in [1.165, 1.54) is 60.5 Å². The van der Waals surface area contributed by atoms with Crippen molar-refractivity contribution in [3.8, 4) is 0 Å². The van der Waals surface area contributed by atoms with Gasteiger partial charge in [0.15, 0.2) is 0 Å². The van der Waals surface area contributed by atoms with E-state index in [1.54, 1.807) is 0 Å². The zero-order valence-corrected chi connectivity index (χ0v) is 17.8. The van der Waals surface area contributed by atoms with Crippen LogP contribution in [0.4, 0.5) is 16.9 Å². The monoisotopic (exact) mass is 565 g/mol. The Morgan fingerprint density at radius 3 is 1.57 bits per heavy atom. The van der Waals surface area contributed by atoms with Gasteiger partial charge < -0.3 is 0 Å². The molecule has 0 nitrogen and oxygen atoms in total. The summed E-state index contributed by atoms with van der Waals surface area (Å²) in [5.74, 6) is 0. The molecule has 23 heavy (non-hydrogen) atoms. The van der Waals surface area contributed by atoms with Gasteiger partial charge in [-0.3, -0.25) is 0 Å². The van der Waals surface area contributed by atoms with Crippen LogP contribution in [0, 0.1) is 3.57 Å². The first-order valence-corrected chi connectivity index (χ1v) is 14.5. The van der Waals surface area contributed by atoms with Crippen molar-refractivity contribution in [3.63, 3.8) is 0 Å². The zero-order chi connectivity index (χ0) is 18.0. The van der Waals surface area contributed by atoms with Crippen LogP contribution in [0.3, 0.4) is 0 Å². The van der Waals surface area contributed by atoms with Crippen LogP contribution in [0.5, 0.6) is 0 Å². The van der Waals surface area contributed by atoms with Gasteiger partial charge in [0.2, 0.25) is 0 Å². The molecule has 0 aromatic heterocycles. The summed E-state index contributed by atoms with van der Waals surface area (Å²) in [7, 11) is 0. The van der Waals surface area contributed by atoms with Gasteiger partial charge in [-0.05, 0) is 53.1 Å². The van der Waals surface area contributed by atoms with Crippen molar-refractivity contribution in [2.75, 3.05) is 0 Å². The molecule has 1 aromatic rings. The topological polar surface area (TPSA) is 0 Å². The van der Waals surface area contributed by atoms with Gasteiger partial charge in [0.05, 0.1) is 0 Å². The SMILES string of the molecule is CCCCCCCCCc1ccc(I)cc1.[F][Sb-]([F])([F])([F])([F])[F]. The Hall–Kier alpha value is 0.348. The molecule has 138 valence electrons. The summed E-state index contributed by atoms with van der Waals surface area (Å²) in [5, 5.41) is 0. The molecule has 0 fully saturated rings. The summed E-state index contributed by atoms with van der Waals surface area (Å²) in [6.07, 6.45) is 11.1. The maximum atomic E-state index is 9.93. The molecule has 0 unspecified atom stereocenters. The minimum absolute atomic E-state index is 1.25. The molecular weight excluding hydrogens is 543 g/mol. The third kappa shape index (κ3) is 24.7. The standard InChI is InChI=1S/C15H23I.6FH.Sb/c1-2-3-4-5-6-7-8-9-14-10-12-15(16)13-11-14;;;;;;;/h10-13H,2-9H2,1H3;6*1H;/q;;;;;;;+5/p-6. The average Bonchev–Trinajstić information content (AvgIpc) is 2.36. The summed E-state index contributed by atoms with van der Waals surface area (Å²) in [5.41, 5.74) is 1.49.